The monoisotopic (exact) mass is 424 g/mol. The largest absolute Gasteiger partial charge is 0.383 e. The van der Waals surface area contributed by atoms with Gasteiger partial charge in [-0.2, -0.15) is 0 Å². The van der Waals surface area contributed by atoms with Crippen molar-refractivity contribution in [3.63, 3.8) is 0 Å². The smallest absolute Gasteiger partial charge is 0.309 e. The van der Waals surface area contributed by atoms with Crippen molar-refractivity contribution in [1.82, 2.24) is 15.5 Å². The van der Waals surface area contributed by atoms with Gasteiger partial charge in [0.05, 0.1) is 12.6 Å². The Hall–Kier alpha value is -2.90. The van der Waals surface area contributed by atoms with Crippen LogP contribution in [0, 0.1) is 0 Å². The maximum Gasteiger partial charge on any atom is 0.309 e. The first-order valence-corrected chi connectivity index (χ1v) is 10.6. The Kier molecular flexibility index (Phi) is 8.03. The van der Waals surface area contributed by atoms with Gasteiger partial charge in [0, 0.05) is 53.1 Å². The number of nitrogens with zero attached hydrogens (tertiary/aromatic N) is 2. The standard InChI is InChI=1S/C24H32N4O3/c1-27(2)21-10-8-19(9-11-21)22(16-26-24(30)23(29)25-13-15-31-3)28-14-12-18-6-4-5-7-20(18)17-28/h4-11,22H,12-17H2,1-3H3,(H,25,29)(H,26,30)/t22-/m0/s1. The maximum atomic E-state index is 12.3. The lowest BCUT2D eigenvalue weighted by molar-refractivity contribution is -0.139. The molecule has 1 heterocycles. The summed E-state index contributed by atoms with van der Waals surface area (Å²) in [5, 5.41) is 5.39. The van der Waals surface area contributed by atoms with E-state index >= 15 is 0 Å². The predicted octanol–water partition coefficient (Wildman–Crippen LogP) is 1.73. The molecule has 2 aromatic carbocycles. The highest BCUT2D eigenvalue weighted by atomic mass is 16.5. The molecule has 0 radical (unpaired) electrons. The normalized spacial score (nSPS) is 14.4. The van der Waals surface area contributed by atoms with Gasteiger partial charge in [-0.3, -0.25) is 14.5 Å². The molecular formula is C24H32N4O3. The SMILES string of the molecule is COCCNC(=O)C(=O)NC[C@@H](c1ccc(N(C)C)cc1)N1CCc2ccccc2C1. The summed E-state index contributed by atoms with van der Waals surface area (Å²) >= 11 is 0. The van der Waals surface area contributed by atoms with Gasteiger partial charge in [0.1, 0.15) is 0 Å². The first-order chi connectivity index (χ1) is 15.0. The quantitative estimate of drug-likeness (QED) is 0.499. The van der Waals surface area contributed by atoms with Crippen LogP contribution in [0.25, 0.3) is 0 Å². The van der Waals surface area contributed by atoms with E-state index in [1.807, 2.05) is 14.1 Å². The number of nitrogens with one attached hydrogen (secondary N) is 2. The van der Waals surface area contributed by atoms with Crippen LogP contribution in [0.4, 0.5) is 5.69 Å². The predicted molar refractivity (Wildman–Crippen MR) is 122 cm³/mol. The van der Waals surface area contributed by atoms with E-state index in [4.69, 9.17) is 4.74 Å². The van der Waals surface area contributed by atoms with Gasteiger partial charge in [0.15, 0.2) is 0 Å². The van der Waals surface area contributed by atoms with E-state index in [0.717, 1.165) is 30.8 Å². The van der Waals surface area contributed by atoms with Gasteiger partial charge in [-0.25, -0.2) is 0 Å². The molecule has 2 amide bonds. The molecule has 2 aromatic rings. The average molecular weight is 425 g/mol. The van der Waals surface area contributed by atoms with Gasteiger partial charge >= 0.3 is 11.8 Å². The zero-order valence-corrected chi connectivity index (χ0v) is 18.6. The second kappa shape index (κ2) is 10.9. The summed E-state index contributed by atoms with van der Waals surface area (Å²) in [7, 11) is 5.57. The minimum Gasteiger partial charge on any atom is -0.383 e. The van der Waals surface area contributed by atoms with Crippen LogP contribution in [0.5, 0.6) is 0 Å². The molecule has 0 saturated carbocycles. The van der Waals surface area contributed by atoms with Crippen LogP contribution in [0.1, 0.15) is 22.7 Å². The van der Waals surface area contributed by atoms with Crippen molar-refractivity contribution in [3.8, 4) is 0 Å². The third-order valence-electron chi connectivity index (χ3n) is 5.65. The number of methoxy groups -OCH3 is 1. The molecule has 1 atom stereocenters. The molecule has 0 fully saturated rings. The molecule has 0 saturated heterocycles. The van der Waals surface area contributed by atoms with Crippen LogP contribution in [0.2, 0.25) is 0 Å². The van der Waals surface area contributed by atoms with Crippen molar-refractivity contribution >= 4 is 17.5 Å². The summed E-state index contributed by atoms with van der Waals surface area (Å²) in [6.07, 6.45) is 0.966. The number of carbonyl (C=O) groups is 2. The molecule has 0 aromatic heterocycles. The maximum absolute atomic E-state index is 12.3. The summed E-state index contributed by atoms with van der Waals surface area (Å²) in [5.74, 6) is -1.26. The van der Waals surface area contributed by atoms with Crippen LogP contribution < -0.4 is 15.5 Å². The van der Waals surface area contributed by atoms with Gasteiger partial charge in [0.25, 0.3) is 0 Å². The number of benzene rings is 2. The number of amides is 2. The first-order valence-electron chi connectivity index (χ1n) is 10.6. The van der Waals surface area contributed by atoms with Gasteiger partial charge < -0.3 is 20.3 Å². The second-order valence-corrected chi connectivity index (χ2v) is 7.95. The van der Waals surface area contributed by atoms with Crippen LogP contribution in [-0.2, 0) is 27.3 Å². The van der Waals surface area contributed by atoms with E-state index in [1.165, 1.54) is 11.1 Å². The number of rotatable bonds is 8. The Labute approximate surface area is 184 Å². The van der Waals surface area contributed by atoms with E-state index < -0.39 is 11.8 Å². The van der Waals surface area contributed by atoms with E-state index in [9.17, 15) is 9.59 Å². The number of anilines is 1. The van der Waals surface area contributed by atoms with Gasteiger partial charge in [-0.05, 0) is 35.2 Å². The molecule has 1 aliphatic heterocycles. The number of hydrogen-bond donors (Lipinski definition) is 2. The fourth-order valence-electron chi connectivity index (χ4n) is 3.85. The number of fused-ring (bicyclic) bond motifs is 1. The molecule has 7 nitrogen and oxygen atoms in total. The lowest BCUT2D eigenvalue weighted by Crippen LogP contribution is -2.45. The molecule has 3 rings (SSSR count). The molecule has 0 aliphatic carbocycles. The number of ether oxygens (including phenoxy) is 1. The molecule has 166 valence electrons. The van der Waals surface area contributed by atoms with Crippen molar-refractivity contribution in [2.45, 2.75) is 19.0 Å². The van der Waals surface area contributed by atoms with Crippen molar-refractivity contribution < 1.29 is 14.3 Å². The van der Waals surface area contributed by atoms with Gasteiger partial charge in [0.2, 0.25) is 0 Å². The fraction of sp³-hybridized carbons (Fsp3) is 0.417. The molecule has 0 bridgehead atoms. The Morgan fingerprint density at radius 2 is 1.71 bits per heavy atom. The highest BCUT2D eigenvalue weighted by Crippen LogP contribution is 2.28. The topological polar surface area (TPSA) is 73.9 Å². The van der Waals surface area contributed by atoms with Crippen LogP contribution in [0.3, 0.4) is 0 Å². The first kappa shape index (κ1) is 22.8. The fourth-order valence-corrected chi connectivity index (χ4v) is 3.85. The summed E-state index contributed by atoms with van der Waals surface area (Å²) in [6.45, 7) is 2.74. The van der Waals surface area contributed by atoms with E-state index in [1.54, 1.807) is 7.11 Å². The Morgan fingerprint density at radius 1 is 1.03 bits per heavy atom. The minimum atomic E-state index is -0.636. The van der Waals surface area contributed by atoms with Crippen molar-refractivity contribution in [2.24, 2.45) is 0 Å². The number of carbonyl (C=O) groups excluding carboxylic acids is 2. The van der Waals surface area contributed by atoms with Gasteiger partial charge in [-0.1, -0.05) is 36.4 Å². The molecule has 1 aliphatic rings. The molecule has 2 N–H and O–H groups in total. The molecule has 31 heavy (non-hydrogen) atoms. The average Bonchev–Trinajstić information content (AvgIpc) is 2.79. The van der Waals surface area contributed by atoms with Crippen molar-refractivity contribution in [3.05, 3.63) is 65.2 Å². The Morgan fingerprint density at radius 3 is 2.39 bits per heavy atom. The van der Waals surface area contributed by atoms with Crippen LogP contribution >= 0.6 is 0 Å². The lowest BCUT2D eigenvalue weighted by Gasteiger charge is -2.36. The van der Waals surface area contributed by atoms with Crippen LogP contribution in [-0.4, -0.2) is 64.2 Å². The third-order valence-corrected chi connectivity index (χ3v) is 5.65. The molecule has 7 heteroatoms. The highest BCUT2D eigenvalue weighted by molar-refractivity contribution is 6.35. The second-order valence-electron chi connectivity index (χ2n) is 7.95. The molecule has 0 spiro atoms. The van der Waals surface area contributed by atoms with E-state index in [0.29, 0.717) is 19.7 Å². The third kappa shape index (κ3) is 6.06. The van der Waals surface area contributed by atoms with E-state index in [-0.39, 0.29) is 6.04 Å². The van der Waals surface area contributed by atoms with Crippen molar-refractivity contribution in [1.29, 1.82) is 0 Å². The van der Waals surface area contributed by atoms with Crippen LogP contribution in [0.15, 0.2) is 48.5 Å². The Balaban J connectivity index is 1.73. The lowest BCUT2D eigenvalue weighted by atomic mass is 9.96. The number of hydrogen-bond acceptors (Lipinski definition) is 5. The molecular weight excluding hydrogens is 392 g/mol. The highest BCUT2D eigenvalue weighted by Gasteiger charge is 2.26. The van der Waals surface area contributed by atoms with Gasteiger partial charge in [-0.15, -0.1) is 0 Å². The zero-order chi connectivity index (χ0) is 22.2. The molecule has 0 unspecified atom stereocenters. The zero-order valence-electron chi connectivity index (χ0n) is 18.6. The summed E-state index contributed by atoms with van der Waals surface area (Å²) in [6, 6.07) is 16.8. The minimum absolute atomic E-state index is 0.0275. The van der Waals surface area contributed by atoms with E-state index in [2.05, 4.69) is 69.0 Å². The summed E-state index contributed by atoms with van der Waals surface area (Å²) in [5.41, 5.74) is 4.92. The van der Waals surface area contributed by atoms with Crippen molar-refractivity contribution in [2.75, 3.05) is 52.3 Å². The summed E-state index contributed by atoms with van der Waals surface area (Å²) in [4.78, 5) is 28.8. The summed E-state index contributed by atoms with van der Waals surface area (Å²) < 4.78 is 4.91. The Bertz CT molecular complexity index is 883.